The monoisotopic (exact) mass is 415 g/mol. The predicted molar refractivity (Wildman–Crippen MR) is 119 cm³/mol. The maximum Gasteiger partial charge on any atom is 0.408 e. The molecule has 0 radical (unpaired) electrons. The number of carbonyl (C=O) groups is 2. The Bertz CT molecular complexity index is 1020. The molecule has 158 valence electrons. The van der Waals surface area contributed by atoms with Gasteiger partial charge in [0.1, 0.15) is 12.6 Å². The number of amides is 2. The molecule has 0 saturated heterocycles. The molecule has 1 aliphatic carbocycles. The van der Waals surface area contributed by atoms with Crippen LogP contribution in [0.25, 0.3) is 0 Å². The second-order valence-corrected chi connectivity index (χ2v) is 7.67. The van der Waals surface area contributed by atoms with E-state index in [2.05, 4.69) is 10.6 Å². The van der Waals surface area contributed by atoms with Gasteiger partial charge in [-0.15, -0.1) is 0 Å². The third-order valence-electron chi connectivity index (χ3n) is 5.32. The largest absolute Gasteiger partial charge is 0.445 e. The molecule has 1 fully saturated rings. The summed E-state index contributed by atoms with van der Waals surface area (Å²) in [6.45, 7) is 0.126. The molecule has 0 bridgehead atoms. The van der Waals surface area contributed by atoms with Crippen molar-refractivity contribution in [3.05, 3.63) is 102 Å². The van der Waals surface area contributed by atoms with Crippen LogP contribution < -0.4 is 16.4 Å². The first-order valence-corrected chi connectivity index (χ1v) is 10.3. The van der Waals surface area contributed by atoms with E-state index < -0.39 is 12.1 Å². The quantitative estimate of drug-likeness (QED) is 0.541. The Labute approximate surface area is 181 Å². The average molecular weight is 415 g/mol. The first kappa shape index (κ1) is 20.6. The van der Waals surface area contributed by atoms with Gasteiger partial charge in [-0.2, -0.15) is 0 Å². The fourth-order valence-corrected chi connectivity index (χ4v) is 3.45. The number of anilines is 1. The molecule has 4 N–H and O–H groups in total. The third-order valence-corrected chi connectivity index (χ3v) is 5.32. The Hall–Kier alpha value is -3.64. The molecule has 4 rings (SSSR count). The fraction of sp³-hybridized carbons (Fsp3) is 0.200. The van der Waals surface area contributed by atoms with Crippen molar-refractivity contribution >= 4 is 17.7 Å². The molecule has 0 heterocycles. The summed E-state index contributed by atoms with van der Waals surface area (Å²) >= 11 is 0. The Morgan fingerprint density at radius 1 is 0.935 bits per heavy atom. The van der Waals surface area contributed by atoms with Gasteiger partial charge in [0.15, 0.2) is 0 Å². The van der Waals surface area contributed by atoms with E-state index in [4.69, 9.17) is 10.5 Å². The topological polar surface area (TPSA) is 93.5 Å². The van der Waals surface area contributed by atoms with Crippen molar-refractivity contribution in [3.63, 3.8) is 0 Å². The lowest BCUT2D eigenvalue weighted by molar-refractivity contribution is -0.118. The van der Waals surface area contributed by atoms with E-state index in [0.717, 1.165) is 12.0 Å². The smallest absolute Gasteiger partial charge is 0.408 e. The van der Waals surface area contributed by atoms with Crippen LogP contribution in [0.15, 0.2) is 84.9 Å². The SMILES string of the molecule is N[C@@H]1C[C@H]1c1ccc(NC(=O)C(NC(=O)OCc2ccccc2)c2ccccc2)cc1. The highest BCUT2D eigenvalue weighted by Crippen LogP contribution is 2.39. The van der Waals surface area contributed by atoms with Crippen LogP contribution in [0.4, 0.5) is 10.5 Å². The van der Waals surface area contributed by atoms with Crippen molar-refractivity contribution in [2.24, 2.45) is 5.73 Å². The van der Waals surface area contributed by atoms with Crippen LogP contribution in [0, 0.1) is 0 Å². The molecule has 2 amide bonds. The lowest BCUT2D eigenvalue weighted by Crippen LogP contribution is -2.37. The van der Waals surface area contributed by atoms with Crippen LogP contribution in [0.5, 0.6) is 0 Å². The number of nitrogens with one attached hydrogen (secondary N) is 2. The molecular weight excluding hydrogens is 390 g/mol. The van der Waals surface area contributed by atoms with Gasteiger partial charge in [0, 0.05) is 17.6 Å². The summed E-state index contributed by atoms with van der Waals surface area (Å²) < 4.78 is 5.30. The van der Waals surface area contributed by atoms with Crippen LogP contribution in [0.3, 0.4) is 0 Å². The number of hydrogen-bond donors (Lipinski definition) is 3. The third kappa shape index (κ3) is 5.49. The van der Waals surface area contributed by atoms with Crippen LogP contribution in [-0.2, 0) is 16.1 Å². The van der Waals surface area contributed by atoms with E-state index in [1.807, 2.05) is 72.8 Å². The summed E-state index contributed by atoms with van der Waals surface area (Å²) in [7, 11) is 0. The standard InChI is InChI=1S/C25H25N3O3/c26-22-15-21(22)18-11-13-20(14-12-18)27-24(29)23(19-9-5-2-6-10-19)28-25(30)31-16-17-7-3-1-4-8-17/h1-14,21-23H,15-16,26H2,(H,27,29)(H,28,30)/t21-,22+,23?/m0/s1. The lowest BCUT2D eigenvalue weighted by Gasteiger charge is -2.19. The minimum absolute atomic E-state index is 0.126. The van der Waals surface area contributed by atoms with Crippen LogP contribution in [0.1, 0.15) is 35.1 Å². The summed E-state index contributed by atoms with van der Waals surface area (Å²) in [5, 5.41) is 5.56. The molecule has 6 nitrogen and oxygen atoms in total. The van der Waals surface area contributed by atoms with Gasteiger partial charge in [-0.25, -0.2) is 4.79 Å². The van der Waals surface area contributed by atoms with Gasteiger partial charge in [-0.3, -0.25) is 4.79 Å². The Balaban J connectivity index is 1.41. The molecule has 1 saturated carbocycles. The molecule has 0 spiro atoms. The number of hydrogen-bond acceptors (Lipinski definition) is 4. The summed E-state index contributed by atoms with van der Waals surface area (Å²) in [4.78, 5) is 25.4. The maximum atomic E-state index is 13.0. The number of carbonyl (C=O) groups excluding carboxylic acids is 2. The van der Waals surface area contributed by atoms with E-state index in [0.29, 0.717) is 17.2 Å². The van der Waals surface area contributed by atoms with Crippen molar-refractivity contribution in [2.75, 3.05) is 5.32 Å². The Morgan fingerprint density at radius 2 is 1.55 bits per heavy atom. The fourth-order valence-electron chi connectivity index (χ4n) is 3.45. The van der Waals surface area contributed by atoms with Gasteiger partial charge in [-0.1, -0.05) is 72.8 Å². The van der Waals surface area contributed by atoms with Crippen LogP contribution in [-0.4, -0.2) is 18.0 Å². The van der Waals surface area contributed by atoms with Gasteiger partial charge in [-0.05, 0) is 35.2 Å². The maximum absolute atomic E-state index is 13.0. The van der Waals surface area contributed by atoms with E-state index in [-0.39, 0.29) is 18.6 Å². The lowest BCUT2D eigenvalue weighted by atomic mass is 10.1. The number of nitrogens with two attached hydrogens (primary N) is 1. The number of ether oxygens (including phenoxy) is 1. The van der Waals surface area contributed by atoms with Crippen LogP contribution >= 0.6 is 0 Å². The summed E-state index contributed by atoms with van der Waals surface area (Å²) in [6, 6.07) is 25.5. The predicted octanol–water partition coefficient (Wildman–Crippen LogP) is 4.11. The molecular formula is C25H25N3O3. The van der Waals surface area contributed by atoms with E-state index in [1.165, 1.54) is 5.56 Å². The Morgan fingerprint density at radius 3 is 2.16 bits per heavy atom. The van der Waals surface area contributed by atoms with Crippen LogP contribution in [0.2, 0.25) is 0 Å². The Kier molecular flexibility index (Phi) is 6.29. The zero-order chi connectivity index (χ0) is 21.6. The molecule has 0 aromatic heterocycles. The summed E-state index contributed by atoms with van der Waals surface area (Å²) in [5.74, 6) is 0.0570. The summed E-state index contributed by atoms with van der Waals surface area (Å²) in [6.07, 6.45) is 0.336. The average Bonchev–Trinajstić information content (AvgIpc) is 3.54. The highest BCUT2D eigenvalue weighted by molar-refractivity contribution is 5.97. The number of rotatable bonds is 7. The van der Waals surface area contributed by atoms with Crippen molar-refractivity contribution < 1.29 is 14.3 Å². The minimum atomic E-state index is -0.888. The van der Waals surface area contributed by atoms with E-state index in [1.54, 1.807) is 12.1 Å². The first-order chi connectivity index (χ1) is 15.1. The van der Waals surface area contributed by atoms with Crippen molar-refractivity contribution in [1.82, 2.24) is 5.32 Å². The van der Waals surface area contributed by atoms with Crippen molar-refractivity contribution in [2.45, 2.75) is 31.0 Å². The molecule has 0 aliphatic heterocycles. The first-order valence-electron chi connectivity index (χ1n) is 10.3. The van der Waals surface area contributed by atoms with E-state index in [9.17, 15) is 9.59 Å². The normalized spacial score (nSPS) is 18.0. The number of benzene rings is 3. The zero-order valence-electron chi connectivity index (χ0n) is 17.0. The molecule has 6 heteroatoms. The second kappa shape index (κ2) is 9.45. The highest BCUT2D eigenvalue weighted by Gasteiger charge is 2.34. The molecule has 3 aromatic carbocycles. The molecule has 1 aliphatic rings. The molecule has 31 heavy (non-hydrogen) atoms. The van der Waals surface area contributed by atoms with Gasteiger partial charge in [0.25, 0.3) is 5.91 Å². The zero-order valence-corrected chi connectivity index (χ0v) is 17.0. The highest BCUT2D eigenvalue weighted by atomic mass is 16.5. The van der Waals surface area contributed by atoms with Crippen molar-refractivity contribution in [1.29, 1.82) is 0 Å². The van der Waals surface area contributed by atoms with Gasteiger partial charge >= 0.3 is 6.09 Å². The molecule has 3 aromatic rings. The summed E-state index contributed by atoms with van der Waals surface area (Å²) in [5.41, 5.74) is 9.27. The number of alkyl carbamates (subject to hydrolysis) is 1. The van der Waals surface area contributed by atoms with Gasteiger partial charge in [0.05, 0.1) is 0 Å². The van der Waals surface area contributed by atoms with Gasteiger partial charge in [0.2, 0.25) is 0 Å². The van der Waals surface area contributed by atoms with E-state index >= 15 is 0 Å². The minimum Gasteiger partial charge on any atom is -0.445 e. The van der Waals surface area contributed by atoms with Gasteiger partial charge < -0.3 is 21.1 Å². The molecule has 3 atom stereocenters. The second-order valence-electron chi connectivity index (χ2n) is 7.67. The molecule has 1 unspecified atom stereocenters. The van der Waals surface area contributed by atoms with Crippen molar-refractivity contribution in [3.8, 4) is 0 Å².